The van der Waals surface area contributed by atoms with Crippen molar-refractivity contribution in [2.24, 2.45) is 5.41 Å². The van der Waals surface area contributed by atoms with Crippen LogP contribution < -0.4 is 10.6 Å². The molecule has 2 N–H and O–H groups in total. The molecule has 1 rings (SSSR count). The molecule has 0 spiro atoms. The number of hydrogen-bond acceptors (Lipinski definition) is 5. The molecule has 1 amide bonds. The first-order valence-corrected chi connectivity index (χ1v) is 7.02. The van der Waals surface area contributed by atoms with Gasteiger partial charge in [-0.05, 0) is 13.3 Å². The summed E-state index contributed by atoms with van der Waals surface area (Å²) in [4.78, 5) is 22.7. The van der Waals surface area contributed by atoms with E-state index in [1.54, 1.807) is 0 Å². The summed E-state index contributed by atoms with van der Waals surface area (Å²) in [6.45, 7) is 8.71. The molecule has 116 valence electrons. The Kier molecular flexibility index (Phi) is 5.95. The normalized spacial score (nSPS) is 25.4. The number of nitrogens with one attached hydrogen (secondary N) is 2. The zero-order chi connectivity index (χ0) is 15.3. The Bertz CT molecular complexity index is 357. The molecular formula is C14H26N2O4. The second kappa shape index (κ2) is 7.04. The molecule has 1 aliphatic carbocycles. The molecule has 3 atom stereocenters. The smallest absolute Gasteiger partial charge is 0.329 e. The van der Waals surface area contributed by atoms with Gasteiger partial charge in [0.15, 0.2) is 0 Å². The van der Waals surface area contributed by atoms with Crippen LogP contribution >= 0.6 is 0 Å². The lowest BCUT2D eigenvalue weighted by Crippen LogP contribution is -2.63. The first kappa shape index (κ1) is 16.9. The summed E-state index contributed by atoms with van der Waals surface area (Å²) in [5.74, 6) is -0.687. The van der Waals surface area contributed by atoms with Gasteiger partial charge in [0.1, 0.15) is 6.04 Å². The summed E-state index contributed by atoms with van der Waals surface area (Å²) in [6.07, 6.45) is 1.15. The average molecular weight is 286 g/mol. The van der Waals surface area contributed by atoms with E-state index >= 15 is 0 Å². The van der Waals surface area contributed by atoms with Gasteiger partial charge in [0.25, 0.3) is 0 Å². The van der Waals surface area contributed by atoms with Crippen molar-refractivity contribution in [1.29, 1.82) is 0 Å². The molecule has 20 heavy (non-hydrogen) atoms. The SMILES string of the molecule is CCOC1CC(NCC(NC(C)=O)C(=O)OC)C1(C)C. The van der Waals surface area contributed by atoms with Gasteiger partial charge >= 0.3 is 5.97 Å². The maximum absolute atomic E-state index is 11.6. The van der Waals surface area contributed by atoms with Gasteiger partial charge in [0, 0.05) is 31.5 Å². The molecular weight excluding hydrogens is 260 g/mol. The van der Waals surface area contributed by atoms with Crippen LogP contribution in [0.15, 0.2) is 0 Å². The Balaban J connectivity index is 2.48. The number of methoxy groups -OCH3 is 1. The van der Waals surface area contributed by atoms with Gasteiger partial charge < -0.3 is 20.1 Å². The predicted octanol–water partition coefficient (Wildman–Crippen LogP) is 0.457. The van der Waals surface area contributed by atoms with Crippen molar-refractivity contribution in [3.63, 3.8) is 0 Å². The van der Waals surface area contributed by atoms with Crippen LogP contribution in [0.5, 0.6) is 0 Å². The van der Waals surface area contributed by atoms with E-state index in [1.807, 2.05) is 6.92 Å². The van der Waals surface area contributed by atoms with E-state index in [0.29, 0.717) is 13.2 Å². The van der Waals surface area contributed by atoms with E-state index in [0.717, 1.165) is 6.42 Å². The predicted molar refractivity (Wildman–Crippen MR) is 75.2 cm³/mol. The third-order valence-corrected chi connectivity index (χ3v) is 3.98. The molecule has 0 aromatic heterocycles. The number of rotatable bonds is 7. The lowest BCUT2D eigenvalue weighted by atomic mass is 9.64. The van der Waals surface area contributed by atoms with Crippen molar-refractivity contribution < 1.29 is 19.1 Å². The van der Waals surface area contributed by atoms with Crippen molar-refractivity contribution in [2.45, 2.75) is 52.3 Å². The molecule has 0 radical (unpaired) electrons. The standard InChI is InChI=1S/C14H26N2O4/c1-6-20-12-7-11(14(12,3)4)15-8-10(13(18)19-5)16-9(2)17/h10-12,15H,6-8H2,1-5H3,(H,16,17). The summed E-state index contributed by atoms with van der Waals surface area (Å²) in [6, 6.07) is -0.389. The Morgan fingerprint density at radius 3 is 2.50 bits per heavy atom. The van der Waals surface area contributed by atoms with E-state index in [9.17, 15) is 9.59 Å². The van der Waals surface area contributed by atoms with Crippen LogP contribution in [0, 0.1) is 5.41 Å². The Hall–Kier alpha value is -1.14. The first-order chi connectivity index (χ1) is 9.32. The van der Waals surface area contributed by atoms with Crippen molar-refractivity contribution in [3.05, 3.63) is 0 Å². The molecule has 6 heteroatoms. The van der Waals surface area contributed by atoms with Gasteiger partial charge in [0.2, 0.25) is 5.91 Å². The highest BCUT2D eigenvalue weighted by atomic mass is 16.5. The molecule has 0 bridgehead atoms. The highest BCUT2D eigenvalue weighted by molar-refractivity contribution is 5.83. The Morgan fingerprint density at radius 1 is 1.40 bits per heavy atom. The zero-order valence-corrected chi connectivity index (χ0v) is 13.0. The minimum atomic E-state index is -0.653. The summed E-state index contributed by atoms with van der Waals surface area (Å²) >= 11 is 0. The Labute approximate surface area is 120 Å². The van der Waals surface area contributed by atoms with Crippen molar-refractivity contribution >= 4 is 11.9 Å². The second-order valence-electron chi connectivity index (χ2n) is 5.74. The molecule has 1 saturated carbocycles. The molecule has 0 aromatic rings. The molecule has 0 aromatic carbocycles. The quantitative estimate of drug-likeness (QED) is 0.665. The van der Waals surface area contributed by atoms with Crippen LogP contribution in [0.1, 0.15) is 34.1 Å². The molecule has 0 aliphatic heterocycles. The number of esters is 1. The molecule has 1 fully saturated rings. The first-order valence-electron chi connectivity index (χ1n) is 7.02. The lowest BCUT2D eigenvalue weighted by Gasteiger charge is -2.52. The highest BCUT2D eigenvalue weighted by Gasteiger charge is 2.48. The van der Waals surface area contributed by atoms with Crippen LogP contribution in [0.3, 0.4) is 0 Å². The van der Waals surface area contributed by atoms with E-state index in [2.05, 4.69) is 24.5 Å². The Morgan fingerprint density at radius 2 is 2.05 bits per heavy atom. The van der Waals surface area contributed by atoms with Gasteiger partial charge in [0.05, 0.1) is 13.2 Å². The fraction of sp³-hybridized carbons (Fsp3) is 0.857. The van der Waals surface area contributed by atoms with Crippen molar-refractivity contribution in [2.75, 3.05) is 20.3 Å². The van der Waals surface area contributed by atoms with E-state index < -0.39 is 12.0 Å². The number of carbonyl (C=O) groups is 2. The minimum absolute atomic E-state index is 0.0207. The number of amides is 1. The number of ether oxygens (including phenoxy) is 2. The fourth-order valence-corrected chi connectivity index (χ4v) is 2.56. The van der Waals surface area contributed by atoms with Crippen LogP contribution in [0.25, 0.3) is 0 Å². The minimum Gasteiger partial charge on any atom is -0.467 e. The molecule has 1 aliphatic rings. The maximum atomic E-state index is 11.6. The van der Waals surface area contributed by atoms with E-state index in [4.69, 9.17) is 9.47 Å². The van der Waals surface area contributed by atoms with E-state index in [-0.39, 0.29) is 23.5 Å². The average Bonchev–Trinajstić information content (AvgIpc) is 2.39. The summed E-state index contributed by atoms with van der Waals surface area (Å²) in [5, 5.41) is 5.91. The molecule has 0 saturated heterocycles. The second-order valence-corrected chi connectivity index (χ2v) is 5.74. The van der Waals surface area contributed by atoms with Crippen LogP contribution in [0.2, 0.25) is 0 Å². The van der Waals surface area contributed by atoms with Crippen LogP contribution in [-0.2, 0) is 19.1 Å². The van der Waals surface area contributed by atoms with Gasteiger partial charge in [-0.3, -0.25) is 4.79 Å². The van der Waals surface area contributed by atoms with Gasteiger partial charge in [-0.1, -0.05) is 13.8 Å². The summed E-state index contributed by atoms with van der Waals surface area (Å²) < 4.78 is 10.4. The van der Waals surface area contributed by atoms with Crippen molar-refractivity contribution in [1.82, 2.24) is 10.6 Å². The maximum Gasteiger partial charge on any atom is 0.329 e. The third-order valence-electron chi connectivity index (χ3n) is 3.98. The number of hydrogen-bond donors (Lipinski definition) is 2. The van der Waals surface area contributed by atoms with Gasteiger partial charge in [-0.25, -0.2) is 4.79 Å². The van der Waals surface area contributed by atoms with E-state index in [1.165, 1.54) is 14.0 Å². The lowest BCUT2D eigenvalue weighted by molar-refractivity contribution is -0.145. The summed E-state index contributed by atoms with van der Waals surface area (Å²) in [5.41, 5.74) is 0.0207. The third kappa shape index (κ3) is 3.93. The topological polar surface area (TPSA) is 76.7 Å². The number of carbonyl (C=O) groups excluding carboxylic acids is 2. The molecule has 6 nitrogen and oxygen atoms in total. The fourth-order valence-electron chi connectivity index (χ4n) is 2.56. The summed E-state index contributed by atoms with van der Waals surface area (Å²) in [7, 11) is 1.32. The van der Waals surface area contributed by atoms with Crippen LogP contribution in [0.4, 0.5) is 0 Å². The molecule has 0 heterocycles. The van der Waals surface area contributed by atoms with Crippen LogP contribution in [-0.4, -0.2) is 50.3 Å². The molecule has 3 unspecified atom stereocenters. The van der Waals surface area contributed by atoms with Crippen molar-refractivity contribution in [3.8, 4) is 0 Å². The monoisotopic (exact) mass is 286 g/mol. The largest absolute Gasteiger partial charge is 0.467 e. The van der Waals surface area contributed by atoms with Gasteiger partial charge in [-0.2, -0.15) is 0 Å². The van der Waals surface area contributed by atoms with Gasteiger partial charge in [-0.15, -0.1) is 0 Å². The zero-order valence-electron chi connectivity index (χ0n) is 13.0. The highest BCUT2D eigenvalue weighted by Crippen LogP contribution is 2.42.